The van der Waals surface area contributed by atoms with Crippen LogP contribution in [0, 0.1) is 0 Å². The maximum absolute atomic E-state index is 10.9. The number of carboxylic acid groups (broad SMARTS) is 1. The molecule has 0 aromatic carbocycles. The molecule has 0 atom stereocenters. The lowest BCUT2D eigenvalue weighted by atomic mass is 10.4. The number of amides is 1. The molecule has 0 unspecified atom stereocenters. The highest BCUT2D eigenvalue weighted by Gasteiger charge is 2.26. The molecule has 1 amide bonds. The Morgan fingerprint density at radius 3 is 2.79 bits per heavy atom. The van der Waals surface area contributed by atoms with Crippen molar-refractivity contribution in [1.29, 1.82) is 0 Å². The predicted molar refractivity (Wildman–Crippen MR) is 64.4 cm³/mol. The maximum atomic E-state index is 10.9. The lowest BCUT2D eigenvalue weighted by Gasteiger charge is -2.00. The second-order valence-corrected chi connectivity index (χ2v) is 4.19. The lowest BCUT2D eigenvalue weighted by molar-refractivity contribution is -0.132. The van der Waals surface area contributed by atoms with Crippen LogP contribution in [0.1, 0.15) is 6.92 Å². The van der Waals surface area contributed by atoms with Crippen molar-refractivity contribution in [2.75, 3.05) is 5.32 Å². The number of furan rings is 1. The second-order valence-electron chi connectivity index (χ2n) is 3.30. The first-order chi connectivity index (χ1) is 8.99. The van der Waals surface area contributed by atoms with E-state index in [0.29, 0.717) is 5.01 Å². The van der Waals surface area contributed by atoms with Crippen LogP contribution in [0.25, 0.3) is 10.8 Å². The maximum Gasteiger partial charge on any atom is 0.411 e. The molecule has 0 fully saturated rings. The van der Waals surface area contributed by atoms with Crippen LogP contribution in [0.5, 0.6) is 11.5 Å². The van der Waals surface area contributed by atoms with Gasteiger partial charge in [-0.25, -0.2) is 9.78 Å². The van der Waals surface area contributed by atoms with Gasteiger partial charge >= 0.3 is 12.1 Å². The number of hydrogen-bond donors (Lipinski definition) is 3. The van der Waals surface area contributed by atoms with Crippen molar-refractivity contribution in [1.82, 2.24) is 4.98 Å². The Hall–Kier alpha value is -2.55. The molecule has 0 saturated carbocycles. The van der Waals surface area contributed by atoms with E-state index in [4.69, 9.17) is 14.3 Å². The smallest absolute Gasteiger partial charge is 0.411 e. The molecular weight excluding hydrogens is 276 g/mol. The number of aromatic nitrogens is 1. The van der Waals surface area contributed by atoms with Crippen molar-refractivity contribution in [2.24, 2.45) is 0 Å². The standard InChI is InChI=1S/C10H8N2O6S/c1-4(13)17-6-5(14)7(9-11-2-3-19-9)18-8(6)12-10(15)16/h2-3,12,14H,1H3,(H,15,16). The molecule has 2 aromatic rings. The van der Waals surface area contributed by atoms with Gasteiger partial charge < -0.3 is 19.4 Å². The van der Waals surface area contributed by atoms with Gasteiger partial charge in [0.25, 0.3) is 5.88 Å². The first-order valence-corrected chi connectivity index (χ1v) is 5.81. The third-order valence-electron chi connectivity index (χ3n) is 1.93. The van der Waals surface area contributed by atoms with Crippen molar-refractivity contribution < 1.29 is 29.0 Å². The van der Waals surface area contributed by atoms with Gasteiger partial charge in [-0.2, -0.15) is 0 Å². The summed E-state index contributed by atoms with van der Waals surface area (Å²) in [7, 11) is 0. The molecule has 0 aliphatic rings. The van der Waals surface area contributed by atoms with E-state index in [2.05, 4.69) is 4.98 Å². The number of carbonyl (C=O) groups is 2. The van der Waals surface area contributed by atoms with E-state index in [1.54, 1.807) is 5.38 Å². The summed E-state index contributed by atoms with van der Waals surface area (Å²) in [5, 5.41) is 22.4. The van der Waals surface area contributed by atoms with Crippen LogP contribution < -0.4 is 10.1 Å². The van der Waals surface area contributed by atoms with Gasteiger partial charge in [0.05, 0.1) is 0 Å². The van der Waals surface area contributed by atoms with E-state index < -0.39 is 17.8 Å². The summed E-state index contributed by atoms with van der Waals surface area (Å²) < 4.78 is 9.85. The number of aromatic hydroxyl groups is 1. The van der Waals surface area contributed by atoms with Crippen LogP contribution in [0.3, 0.4) is 0 Å². The minimum atomic E-state index is -1.42. The molecule has 3 N–H and O–H groups in total. The number of carbonyl (C=O) groups excluding carboxylic acids is 1. The minimum absolute atomic E-state index is 0.0741. The first-order valence-electron chi connectivity index (χ1n) is 4.93. The Morgan fingerprint density at radius 2 is 2.26 bits per heavy atom. The van der Waals surface area contributed by atoms with Gasteiger partial charge in [-0.1, -0.05) is 0 Å². The van der Waals surface area contributed by atoms with Crippen LogP contribution in [0.2, 0.25) is 0 Å². The monoisotopic (exact) mass is 284 g/mol. The molecule has 2 rings (SSSR count). The molecule has 2 aromatic heterocycles. The Bertz CT molecular complexity index is 618. The van der Waals surface area contributed by atoms with Crippen LogP contribution in [-0.4, -0.2) is 27.3 Å². The van der Waals surface area contributed by atoms with Crippen molar-refractivity contribution >= 4 is 29.3 Å². The Morgan fingerprint density at radius 1 is 1.53 bits per heavy atom. The molecule has 2 heterocycles. The summed E-state index contributed by atoms with van der Waals surface area (Å²) in [6, 6.07) is 0. The van der Waals surface area contributed by atoms with Gasteiger partial charge in [0.15, 0.2) is 5.01 Å². The van der Waals surface area contributed by atoms with Crippen LogP contribution >= 0.6 is 11.3 Å². The summed E-state index contributed by atoms with van der Waals surface area (Å²) in [4.78, 5) is 25.5. The zero-order valence-corrected chi connectivity index (χ0v) is 10.4. The van der Waals surface area contributed by atoms with E-state index >= 15 is 0 Å². The fourth-order valence-electron chi connectivity index (χ4n) is 1.31. The molecule has 0 spiro atoms. The van der Waals surface area contributed by atoms with Crippen molar-refractivity contribution in [2.45, 2.75) is 6.92 Å². The average molecular weight is 284 g/mol. The van der Waals surface area contributed by atoms with E-state index in [0.717, 1.165) is 6.92 Å². The number of hydrogen-bond acceptors (Lipinski definition) is 7. The van der Waals surface area contributed by atoms with E-state index in [-0.39, 0.29) is 17.4 Å². The molecule has 9 heteroatoms. The number of anilines is 1. The van der Waals surface area contributed by atoms with Gasteiger partial charge in [0, 0.05) is 18.5 Å². The molecule has 0 bridgehead atoms. The third kappa shape index (κ3) is 2.65. The summed E-state index contributed by atoms with van der Waals surface area (Å²) in [5.74, 6) is -2.07. The van der Waals surface area contributed by atoms with E-state index in [9.17, 15) is 14.7 Å². The molecule has 100 valence electrons. The van der Waals surface area contributed by atoms with Gasteiger partial charge in [-0.15, -0.1) is 11.3 Å². The number of nitrogens with zero attached hydrogens (tertiary/aromatic N) is 1. The second kappa shape index (κ2) is 4.98. The topological polar surface area (TPSA) is 122 Å². The summed E-state index contributed by atoms with van der Waals surface area (Å²) in [6.07, 6.45) is 0.0606. The van der Waals surface area contributed by atoms with Crippen LogP contribution in [0.4, 0.5) is 10.7 Å². The normalized spacial score (nSPS) is 10.2. The molecular formula is C10H8N2O6S. The highest BCUT2D eigenvalue weighted by Crippen LogP contribution is 2.46. The minimum Gasteiger partial charge on any atom is -0.501 e. The molecule has 0 saturated heterocycles. The van der Waals surface area contributed by atoms with E-state index in [1.807, 2.05) is 5.32 Å². The van der Waals surface area contributed by atoms with Crippen molar-refractivity contribution in [3.63, 3.8) is 0 Å². The summed E-state index contributed by atoms with van der Waals surface area (Å²) >= 11 is 1.17. The quantitative estimate of drug-likeness (QED) is 0.738. The number of ether oxygens (including phenoxy) is 1. The van der Waals surface area contributed by atoms with Crippen molar-refractivity contribution in [3.8, 4) is 22.3 Å². The van der Waals surface area contributed by atoms with Gasteiger partial charge in [-0.3, -0.25) is 10.1 Å². The van der Waals surface area contributed by atoms with Gasteiger partial charge in [0.2, 0.25) is 17.3 Å². The number of nitrogens with one attached hydrogen (secondary N) is 1. The Labute approximate surface area is 110 Å². The predicted octanol–water partition coefficient (Wildman–Crippen LogP) is 2.12. The highest BCUT2D eigenvalue weighted by atomic mass is 32.1. The van der Waals surface area contributed by atoms with Gasteiger partial charge in [-0.05, 0) is 0 Å². The zero-order chi connectivity index (χ0) is 14.0. The number of rotatable bonds is 3. The van der Waals surface area contributed by atoms with E-state index in [1.165, 1.54) is 17.5 Å². The number of thiazole rings is 1. The largest absolute Gasteiger partial charge is 0.501 e. The van der Waals surface area contributed by atoms with Crippen molar-refractivity contribution in [3.05, 3.63) is 11.6 Å². The molecule has 0 aliphatic heterocycles. The summed E-state index contributed by atoms with van der Waals surface area (Å²) in [5.41, 5.74) is 0. The SMILES string of the molecule is CC(=O)Oc1c(NC(=O)O)oc(-c2nccs2)c1O. The molecule has 8 nitrogen and oxygen atoms in total. The van der Waals surface area contributed by atoms with Gasteiger partial charge in [0.1, 0.15) is 0 Å². The van der Waals surface area contributed by atoms with Crippen LogP contribution in [-0.2, 0) is 4.79 Å². The Balaban J connectivity index is 2.49. The lowest BCUT2D eigenvalue weighted by Crippen LogP contribution is -2.09. The average Bonchev–Trinajstić information content (AvgIpc) is 2.90. The molecule has 0 radical (unpaired) electrons. The highest BCUT2D eigenvalue weighted by molar-refractivity contribution is 7.13. The number of esters is 1. The molecule has 19 heavy (non-hydrogen) atoms. The first kappa shape index (κ1) is 12.9. The third-order valence-corrected chi connectivity index (χ3v) is 2.71. The Kier molecular flexibility index (Phi) is 3.38. The fourth-order valence-corrected chi connectivity index (χ4v) is 1.92. The van der Waals surface area contributed by atoms with Crippen LogP contribution in [0.15, 0.2) is 16.0 Å². The zero-order valence-electron chi connectivity index (χ0n) is 9.54. The molecule has 0 aliphatic carbocycles. The fraction of sp³-hybridized carbons (Fsp3) is 0.100. The summed E-state index contributed by atoms with van der Waals surface area (Å²) in [6.45, 7) is 1.11.